The predicted molar refractivity (Wildman–Crippen MR) is 111 cm³/mol. The molecule has 0 bridgehead atoms. The number of hydrogen-bond acceptors (Lipinski definition) is 3. The van der Waals surface area contributed by atoms with Gasteiger partial charge in [0.15, 0.2) is 0 Å². The largest absolute Gasteiger partial charge is 0.399 e. The number of carbonyl (C=O) groups excluding carboxylic acids is 1. The number of benzene rings is 2. The van der Waals surface area contributed by atoms with E-state index < -0.39 is 0 Å². The van der Waals surface area contributed by atoms with Crippen molar-refractivity contribution in [1.82, 2.24) is 4.90 Å². The van der Waals surface area contributed by atoms with Gasteiger partial charge in [0.25, 0.3) is 0 Å². The van der Waals surface area contributed by atoms with Crippen LogP contribution in [0.2, 0.25) is 10.0 Å². The minimum atomic E-state index is -0.190. The maximum absolute atomic E-state index is 12.8. The van der Waals surface area contributed by atoms with Crippen molar-refractivity contribution < 1.29 is 4.79 Å². The lowest BCUT2D eigenvalue weighted by Gasteiger charge is -2.34. The Morgan fingerprint density at radius 3 is 2.77 bits per heavy atom. The molecule has 2 aromatic rings. The highest BCUT2D eigenvalue weighted by Crippen LogP contribution is 2.27. The fourth-order valence-electron chi connectivity index (χ4n) is 3.21. The van der Waals surface area contributed by atoms with Gasteiger partial charge in [-0.3, -0.25) is 9.69 Å². The van der Waals surface area contributed by atoms with E-state index >= 15 is 0 Å². The molecular formula is C19H22Cl3N3O. The predicted octanol–water partition coefficient (Wildman–Crippen LogP) is 4.99. The smallest absolute Gasteiger partial charge is 0.241 e. The number of amides is 1. The lowest BCUT2D eigenvalue weighted by molar-refractivity contribution is -0.122. The van der Waals surface area contributed by atoms with E-state index in [0.717, 1.165) is 37.1 Å². The fourth-order valence-corrected chi connectivity index (χ4v) is 3.55. The van der Waals surface area contributed by atoms with E-state index in [1.54, 1.807) is 18.2 Å². The molecule has 4 nitrogen and oxygen atoms in total. The minimum absolute atomic E-state index is 0. The topological polar surface area (TPSA) is 58.4 Å². The average Bonchev–Trinajstić information content (AvgIpc) is 2.58. The van der Waals surface area contributed by atoms with Gasteiger partial charge >= 0.3 is 0 Å². The number of carbonyl (C=O) groups is 1. The van der Waals surface area contributed by atoms with E-state index in [1.807, 2.05) is 24.3 Å². The minimum Gasteiger partial charge on any atom is -0.399 e. The molecule has 0 aromatic heterocycles. The zero-order chi connectivity index (χ0) is 17.8. The molecule has 7 heteroatoms. The Kier molecular flexibility index (Phi) is 7.59. The highest BCUT2D eigenvalue weighted by Gasteiger charge is 2.29. The number of likely N-dealkylation sites (tertiary alicyclic amines) is 1. The summed E-state index contributed by atoms with van der Waals surface area (Å²) in [5.41, 5.74) is 8.26. The van der Waals surface area contributed by atoms with E-state index in [9.17, 15) is 4.79 Å². The molecule has 1 atom stereocenters. The summed E-state index contributed by atoms with van der Waals surface area (Å²) in [7, 11) is 0. The number of rotatable bonds is 4. The fraction of sp³-hybridized carbons (Fsp3) is 0.316. The molecule has 3 rings (SSSR count). The summed E-state index contributed by atoms with van der Waals surface area (Å²) in [6.45, 7) is 1.59. The maximum atomic E-state index is 12.8. The van der Waals surface area contributed by atoms with Crippen molar-refractivity contribution >= 4 is 52.9 Å². The third kappa shape index (κ3) is 5.27. The van der Waals surface area contributed by atoms with Gasteiger partial charge in [0.05, 0.1) is 16.8 Å². The van der Waals surface area contributed by atoms with Crippen LogP contribution >= 0.6 is 35.6 Å². The van der Waals surface area contributed by atoms with Gasteiger partial charge < -0.3 is 11.1 Å². The van der Waals surface area contributed by atoms with Gasteiger partial charge in [-0.15, -0.1) is 12.4 Å². The first-order chi connectivity index (χ1) is 12.0. The molecule has 1 aliphatic heterocycles. The standard InChI is InChI=1S/C19H21Cl2N3O.ClH/c20-14-7-8-16(21)17(11-14)23-19(25)18-6-1-2-9-24(18)12-13-4-3-5-15(22)10-13;/h3-5,7-8,10-11,18H,1-2,6,9,12,22H2,(H,23,25);1H. The van der Waals surface area contributed by atoms with Crippen LogP contribution in [0.3, 0.4) is 0 Å². The van der Waals surface area contributed by atoms with Crippen LogP contribution in [-0.4, -0.2) is 23.4 Å². The summed E-state index contributed by atoms with van der Waals surface area (Å²) >= 11 is 12.2. The SMILES string of the molecule is Cl.Nc1cccc(CN2CCCCC2C(=O)Nc2cc(Cl)ccc2Cl)c1. The summed E-state index contributed by atoms with van der Waals surface area (Å²) in [5.74, 6) is -0.0484. The Morgan fingerprint density at radius 2 is 2.00 bits per heavy atom. The molecule has 1 fully saturated rings. The Hall–Kier alpha value is -1.46. The van der Waals surface area contributed by atoms with E-state index in [1.165, 1.54) is 0 Å². The molecule has 1 heterocycles. The maximum Gasteiger partial charge on any atom is 0.241 e. The monoisotopic (exact) mass is 413 g/mol. The van der Waals surface area contributed by atoms with Crippen LogP contribution in [0.5, 0.6) is 0 Å². The van der Waals surface area contributed by atoms with Crippen molar-refractivity contribution in [3.05, 3.63) is 58.1 Å². The molecule has 0 aliphatic carbocycles. The second kappa shape index (κ2) is 9.47. The molecule has 0 saturated carbocycles. The molecule has 0 radical (unpaired) electrons. The second-order valence-electron chi connectivity index (χ2n) is 6.34. The van der Waals surface area contributed by atoms with Crippen LogP contribution in [0, 0.1) is 0 Å². The molecular weight excluding hydrogens is 393 g/mol. The molecule has 1 unspecified atom stereocenters. The Balaban J connectivity index is 0.00000243. The summed E-state index contributed by atoms with van der Waals surface area (Å²) in [4.78, 5) is 15.0. The van der Waals surface area contributed by atoms with E-state index in [2.05, 4.69) is 10.2 Å². The number of anilines is 2. The number of halogens is 3. The molecule has 1 amide bonds. The van der Waals surface area contributed by atoms with Crippen LogP contribution in [0.1, 0.15) is 24.8 Å². The second-order valence-corrected chi connectivity index (χ2v) is 7.18. The van der Waals surface area contributed by atoms with Crippen LogP contribution in [0.15, 0.2) is 42.5 Å². The molecule has 140 valence electrons. The molecule has 26 heavy (non-hydrogen) atoms. The number of nitrogens with two attached hydrogens (primary N) is 1. The number of hydrogen-bond donors (Lipinski definition) is 2. The summed E-state index contributed by atoms with van der Waals surface area (Å²) in [6.07, 6.45) is 2.95. The van der Waals surface area contributed by atoms with E-state index in [-0.39, 0.29) is 24.4 Å². The third-order valence-electron chi connectivity index (χ3n) is 4.44. The van der Waals surface area contributed by atoms with E-state index in [4.69, 9.17) is 28.9 Å². The highest BCUT2D eigenvalue weighted by atomic mass is 35.5. The molecule has 1 aliphatic rings. The van der Waals surface area contributed by atoms with Crippen molar-refractivity contribution in [1.29, 1.82) is 0 Å². The number of nitrogens with zero attached hydrogens (tertiary/aromatic N) is 1. The van der Waals surface area contributed by atoms with Gasteiger partial charge in [-0.25, -0.2) is 0 Å². The third-order valence-corrected chi connectivity index (χ3v) is 5.00. The zero-order valence-electron chi connectivity index (χ0n) is 14.3. The summed E-state index contributed by atoms with van der Waals surface area (Å²) in [6, 6.07) is 12.7. The van der Waals surface area contributed by atoms with Gasteiger partial charge in [0, 0.05) is 17.3 Å². The zero-order valence-corrected chi connectivity index (χ0v) is 16.6. The van der Waals surface area contributed by atoms with Crippen molar-refractivity contribution in [2.45, 2.75) is 31.8 Å². The molecule has 1 saturated heterocycles. The van der Waals surface area contributed by atoms with Gasteiger partial charge in [-0.1, -0.05) is 41.8 Å². The van der Waals surface area contributed by atoms with Crippen LogP contribution in [0.25, 0.3) is 0 Å². The Labute approximate surface area is 170 Å². The normalized spacial score (nSPS) is 17.4. The summed E-state index contributed by atoms with van der Waals surface area (Å²) < 4.78 is 0. The van der Waals surface area contributed by atoms with Gasteiger partial charge in [0.2, 0.25) is 5.91 Å². The van der Waals surface area contributed by atoms with Crippen molar-refractivity contribution in [3.63, 3.8) is 0 Å². The summed E-state index contributed by atoms with van der Waals surface area (Å²) in [5, 5.41) is 3.95. The highest BCUT2D eigenvalue weighted by molar-refractivity contribution is 6.35. The lowest BCUT2D eigenvalue weighted by atomic mass is 10.00. The number of piperidine rings is 1. The Morgan fingerprint density at radius 1 is 1.19 bits per heavy atom. The first kappa shape index (κ1) is 20.8. The van der Waals surface area contributed by atoms with Crippen LogP contribution < -0.4 is 11.1 Å². The van der Waals surface area contributed by atoms with Crippen molar-refractivity contribution in [2.24, 2.45) is 0 Å². The number of nitrogen functional groups attached to an aromatic ring is 1. The first-order valence-electron chi connectivity index (χ1n) is 8.37. The number of nitrogens with one attached hydrogen (secondary N) is 1. The van der Waals surface area contributed by atoms with Gasteiger partial charge in [0.1, 0.15) is 0 Å². The quantitative estimate of drug-likeness (QED) is 0.693. The van der Waals surface area contributed by atoms with E-state index in [0.29, 0.717) is 22.3 Å². The van der Waals surface area contributed by atoms with Crippen molar-refractivity contribution in [3.8, 4) is 0 Å². The van der Waals surface area contributed by atoms with Crippen molar-refractivity contribution in [2.75, 3.05) is 17.6 Å². The average molecular weight is 415 g/mol. The first-order valence-corrected chi connectivity index (χ1v) is 9.13. The molecule has 2 aromatic carbocycles. The molecule has 0 spiro atoms. The van der Waals surface area contributed by atoms with Gasteiger partial charge in [-0.05, 0) is 55.3 Å². The van der Waals surface area contributed by atoms with Gasteiger partial charge in [-0.2, -0.15) is 0 Å². The van der Waals surface area contributed by atoms with Crippen LogP contribution in [-0.2, 0) is 11.3 Å². The van der Waals surface area contributed by atoms with Crippen LogP contribution in [0.4, 0.5) is 11.4 Å². The Bertz CT molecular complexity index is 769. The molecule has 3 N–H and O–H groups in total. The lowest BCUT2D eigenvalue weighted by Crippen LogP contribution is -2.46.